The van der Waals surface area contributed by atoms with Gasteiger partial charge in [-0.25, -0.2) is 0 Å². The van der Waals surface area contributed by atoms with Crippen molar-refractivity contribution in [2.24, 2.45) is 0 Å². The van der Waals surface area contributed by atoms with Gasteiger partial charge in [-0.05, 0) is 40.7 Å². The molecule has 4 nitrogen and oxygen atoms in total. The molecule has 1 atom stereocenters. The molecular weight excluding hydrogens is 334 g/mol. The second kappa shape index (κ2) is 8.22. The van der Waals surface area contributed by atoms with Crippen molar-refractivity contribution in [3.8, 4) is 5.75 Å². The van der Waals surface area contributed by atoms with Crippen LogP contribution in [0, 0.1) is 0 Å². The summed E-state index contributed by atoms with van der Waals surface area (Å²) in [6.07, 6.45) is 0. The number of methoxy groups -OCH3 is 1. The van der Waals surface area contributed by atoms with E-state index in [9.17, 15) is 0 Å². The standard InChI is InChI=1S/C16H20BrNO3/c1-3-18-16(14-8-9-15(17)21-14)12-6-4-5-7-13(12)20-11-10-19-2/h4-9,16,18H,3,10-11H2,1-2H3. The third-order valence-electron chi connectivity index (χ3n) is 3.06. The van der Waals surface area contributed by atoms with E-state index in [-0.39, 0.29) is 6.04 Å². The fourth-order valence-electron chi connectivity index (χ4n) is 2.14. The van der Waals surface area contributed by atoms with E-state index in [1.165, 1.54) is 0 Å². The lowest BCUT2D eigenvalue weighted by Crippen LogP contribution is -2.22. The Morgan fingerprint density at radius 2 is 2.00 bits per heavy atom. The molecule has 0 bridgehead atoms. The molecule has 0 aliphatic carbocycles. The molecule has 0 saturated carbocycles. The number of nitrogens with one attached hydrogen (secondary N) is 1. The highest BCUT2D eigenvalue weighted by Gasteiger charge is 2.20. The zero-order valence-electron chi connectivity index (χ0n) is 12.3. The van der Waals surface area contributed by atoms with Crippen LogP contribution in [0.3, 0.4) is 0 Å². The lowest BCUT2D eigenvalue weighted by atomic mass is 10.0. The van der Waals surface area contributed by atoms with E-state index in [1.54, 1.807) is 7.11 Å². The molecule has 0 aliphatic rings. The first-order valence-electron chi connectivity index (χ1n) is 6.95. The molecule has 1 aromatic heterocycles. The van der Waals surface area contributed by atoms with Gasteiger partial charge < -0.3 is 19.2 Å². The SMILES string of the molecule is CCNC(c1ccc(Br)o1)c1ccccc1OCCOC. The van der Waals surface area contributed by atoms with E-state index in [0.717, 1.165) is 28.3 Å². The van der Waals surface area contributed by atoms with Crippen molar-refractivity contribution >= 4 is 15.9 Å². The minimum absolute atomic E-state index is 0.0416. The average Bonchev–Trinajstić information content (AvgIpc) is 2.92. The lowest BCUT2D eigenvalue weighted by molar-refractivity contribution is 0.145. The maximum Gasteiger partial charge on any atom is 0.169 e. The Labute approximate surface area is 133 Å². The molecule has 2 rings (SSSR count). The highest BCUT2D eigenvalue weighted by molar-refractivity contribution is 9.10. The van der Waals surface area contributed by atoms with E-state index in [0.29, 0.717) is 13.2 Å². The molecule has 0 saturated heterocycles. The van der Waals surface area contributed by atoms with Gasteiger partial charge in [-0.15, -0.1) is 0 Å². The van der Waals surface area contributed by atoms with Crippen LogP contribution in [0.4, 0.5) is 0 Å². The number of para-hydroxylation sites is 1. The third-order valence-corrected chi connectivity index (χ3v) is 3.49. The van der Waals surface area contributed by atoms with E-state index < -0.39 is 0 Å². The highest BCUT2D eigenvalue weighted by Crippen LogP contribution is 2.32. The zero-order valence-corrected chi connectivity index (χ0v) is 13.9. The van der Waals surface area contributed by atoms with Gasteiger partial charge in [-0.3, -0.25) is 0 Å². The summed E-state index contributed by atoms with van der Waals surface area (Å²) in [5.41, 5.74) is 1.05. The number of furan rings is 1. The molecule has 0 aliphatic heterocycles. The fraction of sp³-hybridized carbons (Fsp3) is 0.375. The summed E-state index contributed by atoms with van der Waals surface area (Å²) in [4.78, 5) is 0. The predicted molar refractivity (Wildman–Crippen MR) is 85.7 cm³/mol. The third kappa shape index (κ3) is 4.33. The average molecular weight is 354 g/mol. The van der Waals surface area contributed by atoms with Crippen LogP contribution >= 0.6 is 15.9 Å². The van der Waals surface area contributed by atoms with E-state index in [1.807, 2.05) is 36.4 Å². The lowest BCUT2D eigenvalue weighted by Gasteiger charge is -2.19. The molecule has 0 spiro atoms. The molecule has 5 heteroatoms. The van der Waals surface area contributed by atoms with Crippen molar-refractivity contribution < 1.29 is 13.9 Å². The minimum Gasteiger partial charge on any atom is -0.491 e. The van der Waals surface area contributed by atoms with Gasteiger partial charge >= 0.3 is 0 Å². The largest absolute Gasteiger partial charge is 0.491 e. The zero-order chi connectivity index (χ0) is 15.1. The maximum absolute atomic E-state index is 5.81. The second-order valence-electron chi connectivity index (χ2n) is 4.51. The molecule has 2 aromatic rings. The van der Waals surface area contributed by atoms with Crippen molar-refractivity contribution in [2.45, 2.75) is 13.0 Å². The predicted octanol–water partition coefficient (Wildman–Crippen LogP) is 3.77. The van der Waals surface area contributed by atoms with Gasteiger partial charge in [0.2, 0.25) is 0 Å². The monoisotopic (exact) mass is 353 g/mol. The molecular formula is C16H20BrNO3. The Morgan fingerprint density at radius 1 is 1.19 bits per heavy atom. The molecule has 1 heterocycles. The summed E-state index contributed by atoms with van der Waals surface area (Å²) in [6, 6.07) is 11.8. The van der Waals surface area contributed by atoms with Crippen LogP contribution < -0.4 is 10.1 Å². The Bertz CT molecular complexity index is 556. The number of halogens is 1. The van der Waals surface area contributed by atoms with Crippen molar-refractivity contribution in [3.05, 3.63) is 52.4 Å². The first-order valence-corrected chi connectivity index (χ1v) is 7.74. The molecule has 114 valence electrons. The quantitative estimate of drug-likeness (QED) is 0.733. The van der Waals surface area contributed by atoms with Crippen molar-refractivity contribution in [3.63, 3.8) is 0 Å². The minimum atomic E-state index is -0.0416. The van der Waals surface area contributed by atoms with Crippen molar-refractivity contribution in [1.82, 2.24) is 5.32 Å². The Hall–Kier alpha value is -1.30. The van der Waals surface area contributed by atoms with Crippen LogP contribution in [0.15, 0.2) is 45.5 Å². The number of hydrogen-bond acceptors (Lipinski definition) is 4. The van der Waals surface area contributed by atoms with Crippen LogP contribution in [0.2, 0.25) is 0 Å². The first kappa shape index (κ1) is 16.1. The van der Waals surface area contributed by atoms with Gasteiger partial charge in [0.1, 0.15) is 18.1 Å². The van der Waals surface area contributed by atoms with Crippen molar-refractivity contribution in [1.29, 1.82) is 0 Å². The van der Waals surface area contributed by atoms with E-state index >= 15 is 0 Å². The molecule has 1 N–H and O–H groups in total. The second-order valence-corrected chi connectivity index (χ2v) is 5.29. The Kier molecular flexibility index (Phi) is 6.29. The number of benzene rings is 1. The van der Waals surface area contributed by atoms with E-state index in [4.69, 9.17) is 13.9 Å². The summed E-state index contributed by atoms with van der Waals surface area (Å²) < 4.78 is 17.3. The van der Waals surface area contributed by atoms with Gasteiger partial charge in [0, 0.05) is 12.7 Å². The van der Waals surface area contributed by atoms with Gasteiger partial charge in [0.15, 0.2) is 4.67 Å². The fourth-order valence-corrected chi connectivity index (χ4v) is 2.46. The first-order chi connectivity index (χ1) is 10.3. The van der Waals surface area contributed by atoms with Gasteiger partial charge in [-0.2, -0.15) is 0 Å². The molecule has 0 amide bonds. The number of rotatable bonds is 8. The molecule has 0 radical (unpaired) electrons. The van der Waals surface area contributed by atoms with Crippen LogP contribution in [0.5, 0.6) is 5.75 Å². The topological polar surface area (TPSA) is 43.6 Å². The van der Waals surface area contributed by atoms with Gasteiger partial charge in [0.05, 0.1) is 12.6 Å². The number of hydrogen-bond donors (Lipinski definition) is 1. The van der Waals surface area contributed by atoms with Crippen LogP contribution in [-0.4, -0.2) is 26.9 Å². The summed E-state index contributed by atoms with van der Waals surface area (Å²) in [6.45, 7) is 3.98. The van der Waals surface area contributed by atoms with E-state index in [2.05, 4.69) is 28.2 Å². The summed E-state index contributed by atoms with van der Waals surface area (Å²) in [5.74, 6) is 1.69. The Balaban J connectivity index is 2.27. The van der Waals surface area contributed by atoms with Crippen LogP contribution in [0.25, 0.3) is 0 Å². The normalized spacial score (nSPS) is 12.3. The molecule has 1 unspecified atom stereocenters. The molecule has 0 fully saturated rings. The highest BCUT2D eigenvalue weighted by atomic mass is 79.9. The van der Waals surface area contributed by atoms with Gasteiger partial charge in [0.25, 0.3) is 0 Å². The molecule has 1 aromatic carbocycles. The molecule has 21 heavy (non-hydrogen) atoms. The van der Waals surface area contributed by atoms with Crippen LogP contribution in [-0.2, 0) is 4.74 Å². The smallest absolute Gasteiger partial charge is 0.169 e. The van der Waals surface area contributed by atoms with Crippen molar-refractivity contribution in [2.75, 3.05) is 26.9 Å². The summed E-state index contributed by atoms with van der Waals surface area (Å²) in [7, 11) is 1.66. The number of ether oxygens (including phenoxy) is 2. The maximum atomic E-state index is 5.81. The Morgan fingerprint density at radius 3 is 2.67 bits per heavy atom. The summed E-state index contributed by atoms with van der Waals surface area (Å²) >= 11 is 3.35. The van der Waals surface area contributed by atoms with Gasteiger partial charge in [-0.1, -0.05) is 25.1 Å². The van der Waals surface area contributed by atoms with Crippen LogP contribution in [0.1, 0.15) is 24.3 Å². The summed E-state index contributed by atoms with van der Waals surface area (Å²) in [5, 5.41) is 3.43.